The number of phenols is 1. The Balaban J connectivity index is 2.38. The molecule has 0 unspecified atom stereocenters. The first-order valence-corrected chi connectivity index (χ1v) is 6.09. The number of carbonyl (C=O) groups is 1. The number of hydrogen-bond donors (Lipinski definition) is 4. The van der Waals surface area contributed by atoms with Crippen molar-refractivity contribution in [3.05, 3.63) is 29.3 Å². The first kappa shape index (κ1) is 14.8. The number of carbonyl (C=O) groups excluding carboxylic acids is 1. The molecule has 0 fully saturated rings. The zero-order chi connectivity index (χ0) is 14.3. The fourth-order valence-electron chi connectivity index (χ4n) is 1.65. The Labute approximate surface area is 111 Å². The summed E-state index contributed by atoms with van der Waals surface area (Å²) in [5.41, 5.74) is 6.36. The standard InChI is InChI=1S/C13H19N3O3/c1-9-10(5-4-6-11(9)17)13(18)15-8-3-2-7-12(14)16-19/h4-6,17,19H,2-3,7-8H2,1H3,(H2,14,16)(H,15,18). The van der Waals surface area contributed by atoms with Crippen molar-refractivity contribution >= 4 is 11.7 Å². The lowest BCUT2D eigenvalue weighted by atomic mass is 10.1. The molecule has 1 aromatic rings. The number of nitrogens with two attached hydrogens (primary N) is 1. The maximum atomic E-state index is 11.9. The van der Waals surface area contributed by atoms with E-state index in [1.807, 2.05) is 0 Å². The van der Waals surface area contributed by atoms with Gasteiger partial charge in [0.15, 0.2) is 0 Å². The van der Waals surface area contributed by atoms with Crippen molar-refractivity contribution < 1.29 is 15.1 Å². The van der Waals surface area contributed by atoms with E-state index >= 15 is 0 Å². The predicted octanol–water partition coefficient (Wildman–Crippen LogP) is 1.35. The number of amidine groups is 1. The highest BCUT2D eigenvalue weighted by Gasteiger charge is 2.10. The monoisotopic (exact) mass is 265 g/mol. The zero-order valence-corrected chi connectivity index (χ0v) is 10.9. The van der Waals surface area contributed by atoms with Gasteiger partial charge in [-0.05, 0) is 31.9 Å². The van der Waals surface area contributed by atoms with E-state index in [-0.39, 0.29) is 17.5 Å². The van der Waals surface area contributed by atoms with Gasteiger partial charge in [0.1, 0.15) is 11.6 Å². The summed E-state index contributed by atoms with van der Waals surface area (Å²) in [5.74, 6) is 0.0898. The topological polar surface area (TPSA) is 108 Å². The van der Waals surface area contributed by atoms with Gasteiger partial charge in [0, 0.05) is 24.1 Å². The molecule has 1 aromatic carbocycles. The molecule has 0 aliphatic rings. The number of benzene rings is 1. The molecule has 0 saturated carbocycles. The molecule has 0 heterocycles. The summed E-state index contributed by atoms with van der Waals surface area (Å²) < 4.78 is 0. The number of unbranched alkanes of at least 4 members (excludes halogenated alkanes) is 1. The minimum Gasteiger partial charge on any atom is -0.508 e. The Hall–Kier alpha value is -2.24. The number of oxime groups is 1. The molecule has 1 amide bonds. The second kappa shape index (κ2) is 7.25. The van der Waals surface area contributed by atoms with Gasteiger partial charge >= 0.3 is 0 Å². The van der Waals surface area contributed by atoms with Gasteiger partial charge in [-0.3, -0.25) is 4.79 Å². The van der Waals surface area contributed by atoms with Crippen molar-refractivity contribution in [1.82, 2.24) is 5.32 Å². The number of rotatable bonds is 6. The molecule has 0 atom stereocenters. The van der Waals surface area contributed by atoms with Crippen LogP contribution >= 0.6 is 0 Å². The van der Waals surface area contributed by atoms with Crippen molar-refractivity contribution in [3.63, 3.8) is 0 Å². The number of phenolic OH excluding ortho intramolecular Hbond substituents is 1. The van der Waals surface area contributed by atoms with E-state index in [0.717, 1.165) is 12.8 Å². The highest BCUT2D eigenvalue weighted by atomic mass is 16.4. The van der Waals surface area contributed by atoms with E-state index in [2.05, 4.69) is 10.5 Å². The maximum absolute atomic E-state index is 11.9. The molecule has 0 aromatic heterocycles. The fourth-order valence-corrected chi connectivity index (χ4v) is 1.65. The Morgan fingerprint density at radius 1 is 1.42 bits per heavy atom. The van der Waals surface area contributed by atoms with Crippen LogP contribution in [0.1, 0.15) is 35.2 Å². The van der Waals surface area contributed by atoms with Crippen molar-refractivity contribution in [1.29, 1.82) is 0 Å². The number of hydrogen-bond acceptors (Lipinski definition) is 4. The van der Waals surface area contributed by atoms with Crippen LogP contribution in [0.4, 0.5) is 0 Å². The molecule has 0 aliphatic heterocycles. The van der Waals surface area contributed by atoms with Crippen LogP contribution in [0, 0.1) is 6.92 Å². The van der Waals surface area contributed by atoms with Crippen LogP contribution in [0.5, 0.6) is 5.75 Å². The lowest BCUT2D eigenvalue weighted by Gasteiger charge is -2.08. The van der Waals surface area contributed by atoms with Gasteiger partial charge in [-0.25, -0.2) is 0 Å². The summed E-state index contributed by atoms with van der Waals surface area (Å²) in [7, 11) is 0. The van der Waals surface area contributed by atoms with Gasteiger partial charge in [-0.2, -0.15) is 0 Å². The van der Waals surface area contributed by atoms with Crippen LogP contribution in [-0.4, -0.2) is 28.6 Å². The minimum absolute atomic E-state index is 0.111. The molecule has 0 bridgehead atoms. The predicted molar refractivity (Wildman–Crippen MR) is 72.4 cm³/mol. The second-order valence-electron chi connectivity index (χ2n) is 4.25. The summed E-state index contributed by atoms with van der Waals surface area (Å²) >= 11 is 0. The third kappa shape index (κ3) is 4.50. The first-order valence-electron chi connectivity index (χ1n) is 6.09. The van der Waals surface area contributed by atoms with Crippen LogP contribution in [0.3, 0.4) is 0 Å². The Morgan fingerprint density at radius 3 is 2.84 bits per heavy atom. The van der Waals surface area contributed by atoms with Gasteiger partial charge in [0.25, 0.3) is 5.91 Å². The zero-order valence-electron chi connectivity index (χ0n) is 10.9. The number of nitrogens with one attached hydrogen (secondary N) is 1. The lowest BCUT2D eigenvalue weighted by molar-refractivity contribution is 0.0952. The number of nitrogens with zero attached hydrogens (tertiary/aromatic N) is 1. The van der Waals surface area contributed by atoms with E-state index in [0.29, 0.717) is 24.1 Å². The Morgan fingerprint density at radius 2 is 2.16 bits per heavy atom. The van der Waals surface area contributed by atoms with Crippen LogP contribution in [-0.2, 0) is 0 Å². The Bertz CT molecular complexity index is 472. The van der Waals surface area contributed by atoms with E-state index < -0.39 is 0 Å². The molecule has 0 saturated heterocycles. The second-order valence-corrected chi connectivity index (χ2v) is 4.25. The first-order chi connectivity index (χ1) is 9.06. The van der Waals surface area contributed by atoms with E-state index in [1.54, 1.807) is 25.1 Å². The highest BCUT2D eigenvalue weighted by molar-refractivity contribution is 5.96. The molecule has 5 N–H and O–H groups in total. The summed E-state index contributed by atoms with van der Waals surface area (Å²) in [6.45, 7) is 2.20. The van der Waals surface area contributed by atoms with Gasteiger partial charge in [-0.1, -0.05) is 11.2 Å². The van der Waals surface area contributed by atoms with Crippen LogP contribution < -0.4 is 11.1 Å². The third-order valence-corrected chi connectivity index (χ3v) is 2.82. The SMILES string of the molecule is Cc1c(O)cccc1C(=O)NCCCC/C(N)=N/O. The molecule has 0 radical (unpaired) electrons. The Kier molecular flexibility index (Phi) is 5.66. The molecule has 6 nitrogen and oxygen atoms in total. The normalized spacial score (nSPS) is 11.3. The van der Waals surface area contributed by atoms with Gasteiger partial charge < -0.3 is 21.4 Å². The average molecular weight is 265 g/mol. The van der Waals surface area contributed by atoms with Crippen LogP contribution in [0.15, 0.2) is 23.4 Å². The highest BCUT2D eigenvalue weighted by Crippen LogP contribution is 2.19. The van der Waals surface area contributed by atoms with E-state index in [9.17, 15) is 9.90 Å². The maximum Gasteiger partial charge on any atom is 0.251 e. The van der Waals surface area contributed by atoms with Crippen LogP contribution in [0.25, 0.3) is 0 Å². The quantitative estimate of drug-likeness (QED) is 0.205. The van der Waals surface area contributed by atoms with E-state index in [1.165, 1.54) is 0 Å². The molecule has 0 spiro atoms. The fraction of sp³-hybridized carbons (Fsp3) is 0.385. The lowest BCUT2D eigenvalue weighted by Crippen LogP contribution is -2.25. The van der Waals surface area contributed by atoms with Gasteiger partial charge in [0.05, 0.1) is 0 Å². The van der Waals surface area contributed by atoms with Crippen molar-refractivity contribution in [2.75, 3.05) is 6.54 Å². The van der Waals surface area contributed by atoms with Crippen molar-refractivity contribution in [3.8, 4) is 5.75 Å². The molecule has 1 rings (SSSR count). The van der Waals surface area contributed by atoms with E-state index in [4.69, 9.17) is 10.9 Å². The van der Waals surface area contributed by atoms with Gasteiger partial charge in [0.2, 0.25) is 0 Å². The smallest absolute Gasteiger partial charge is 0.251 e. The van der Waals surface area contributed by atoms with Crippen LogP contribution in [0.2, 0.25) is 0 Å². The molecule has 6 heteroatoms. The molecular weight excluding hydrogens is 246 g/mol. The van der Waals surface area contributed by atoms with Crippen molar-refractivity contribution in [2.24, 2.45) is 10.9 Å². The number of amides is 1. The molecular formula is C13H19N3O3. The minimum atomic E-state index is -0.211. The molecule has 19 heavy (non-hydrogen) atoms. The summed E-state index contributed by atoms with van der Waals surface area (Å²) in [6, 6.07) is 4.85. The van der Waals surface area contributed by atoms with Gasteiger partial charge in [-0.15, -0.1) is 0 Å². The van der Waals surface area contributed by atoms with Crippen molar-refractivity contribution in [2.45, 2.75) is 26.2 Å². The summed E-state index contributed by atoms with van der Waals surface area (Å²) in [5, 5.41) is 23.5. The largest absolute Gasteiger partial charge is 0.508 e. The average Bonchev–Trinajstić information content (AvgIpc) is 2.40. The summed E-state index contributed by atoms with van der Waals surface area (Å²) in [6.07, 6.45) is 1.96. The molecule has 0 aliphatic carbocycles. The number of aromatic hydroxyl groups is 1. The third-order valence-electron chi connectivity index (χ3n) is 2.82. The molecule has 104 valence electrons. The summed E-state index contributed by atoms with van der Waals surface area (Å²) in [4.78, 5) is 11.9.